The predicted molar refractivity (Wildman–Crippen MR) is 105 cm³/mol. The van der Waals surface area contributed by atoms with Crippen molar-refractivity contribution in [1.29, 1.82) is 0 Å². The number of phosphoric ester groups is 1. The van der Waals surface area contributed by atoms with Crippen molar-refractivity contribution in [3.8, 4) is 0 Å². The molecule has 1 fully saturated rings. The molecule has 1 aromatic heterocycles. The Labute approximate surface area is 181 Å². The number of hydrogen-bond donors (Lipinski definition) is 6. The average Bonchev–Trinajstić information content (AvgIpc) is 2.93. The monoisotopic (exact) mass is 571 g/mol. The zero-order valence-electron chi connectivity index (χ0n) is 15.1. The molecular weight excluding hydrogens is 555 g/mol. The minimum Gasteiger partial charge on any atom is -0.390 e. The van der Waals surface area contributed by atoms with Gasteiger partial charge in [-0.2, -0.15) is 13.6 Å². The molecule has 0 aromatic carbocycles. The Morgan fingerprint density at radius 2 is 1.90 bits per heavy atom. The molecule has 0 spiro atoms. The van der Waals surface area contributed by atoms with E-state index in [1.165, 1.54) is 21.8 Å². The maximum absolute atomic E-state index is 11.8. The zero-order chi connectivity index (χ0) is 23.6. The van der Waals surface area contributed by atoms with E-state index in [2.05, 4.69) is 34.1 Å². The van der Waals surface area contributed by atoms with Crippen molar-refractivity contribution in [3.05, 3.63) is 27.1 Å². The van der Waals surface area contributed by atoms with Gasteiger partial charge in [0.15, 0.2) is 0 Å². The second kappa shape index (κ2) is 10.0. The lowest BCUT2D eigenvalue weighted by Crippen LogP contribution is -2.26. The third-order valence-electron chi connectivity index (χ3n) is 3.58. The van der Waals surface area contributed by atoms with Gasteiger partial charge in [-0.05, 0) is 11.1 Å². The van der Waals surface area contributed by atoms with Crippen LogP contribution in [-0.2, 0) is 31.6 Å². The quantitative estimate of drug-likeness (QED) is 0.216. The predicted octanol–water partition coefficient (Wildman–Crippen LogP) is 0.183. The molecule has 1 aliphatic heterocycles. The normalized spacial score (nSPS) is 26.1. The number of nitrogen functional groups attached to an aromatic ring is 1. The fraction of sp³-hybridized carbons (Fsp3) is 0.455. The van der Waals surface area contributed by atoms with E-state index < -0.39 is 54.1 Å². The molecule has 31 heavy (non-hydrogen) atoms. The van der Waals surface area contributed by atoms with Crippen molar-refractivity contribution in [2.24, 2.45) is 0 Å². The summed E-state index contributed by atoms with van der Waals surface area (Å²) in [5, 5.41) is 10.1. The molecule has 20 heteroatoms. The van der Waals surface area contributed by atoms with Crippen LogP contribution < -0.4 is 11.3 Å². The highest BCUT2D eigenvalue weighted by Crippen LogP contribution is 2.66. The average molecular weight is 572 g/mol. The van der Waals surface area contributed by atoms with Gasteiger partial charge in [0.05, 0.1) is 18.3 Å². The molecule has 0 amide bonds. The van der Waals surface area contributed by atoms with E-state index in [-0.39, 0.29) is 17.9 Å². The Morgan fingerprint density at radius 1 is 1.26 bits per heavy atom. The summed E-state index contributed by atoms with van der Waals surface area (Å²) in [6.45, 7) is -0.844. The highest BCUT2D eigenvalue weighted by molar-refractivity contribution is 9.11. The highest BCUT2D eigenvalue weighted by atomic mass is 79.9. The topological polar surface area (TPSA) is 250 Å². The van der Waals surface area contributed by atoms with E-state index in [9.17, 15) is 28.5 Å². The van der Waals surface area contributed by atoms with Crippen molar-refractivity contribution < 1.29 is 56.3 Å². The Bertz CT molecular complexity index is 1040. The summed E-state index contributed by atoms with van der Waals surface area (Å²) in [4.78, 5) is 52.4. The van der Waals surface area contributed by atoms with Gasteiger partial charge in [0.25, 0.3) is 5.56 Å². The van der Waals surface area contributed by atoms with Crippen molar-refractivity contribution >= 4 is 51.4 Å². The van der Waals surface area contributed by atoms with Gasteiger partial charge < -0.3 is 35.2 Å². The lowest BCUT2D eigenvalue weighted by Gasteiger charge is -2.20. The SMILES string of the molecule is Nc1nc(=O)c(/C=C/Br)cn1[C@H]1C[C@H](O)[C@@H](COP(=O)(O)OP(=O)(O)OP(=O)(O)O)O1. The lowest BCUT2D eigenvalue weighted by molar-refractivity contribution is -0.0431. The molecule has 0 saturated carbocycles. The van der Waals surface area contributed by atoms with Crippen LogP contribution >= 0.6 is 39.4 Å². The Balaban J connectivity index is 2.06. The molecule has 2 unspecified atom stereocenters. The molecule has 2 heterocycles. The van der Waals surface area contributed by atoms with Crippen LogP contribution in [0.1, 0.15) is 18.2 Å². The van der Waals surface area contributed by atoms with Crippen LogP contribution in [0.25, 0.3) is 6.08 Å². The van der Waals surface area contributed by atoms with E-state index >= 15 is 0 Å². The summed E-state index contributed by atoms with van der Waals surface area (Å²) in [5.74, 6) is -0.234. The maximum Gasteiger partial charge on any atom is 0.490 e. The van der Waals surface area contributed by atoms with Gasteiger partial charge in [-0.1, -0.05) is 15.9 Å². The first kappa shape index (κ1) is 26.5. The van der Waals surface area contributed by atoms with Gasteiger partial charge in [0.1, 0.15) is 12.3 Å². The van der Waals surface area contributed by atoms with Crippen LogP contribution in [0, 0.1) is 0 Å². The van der Waals surface area contributed by atoms with E-state index in [0.717, 1.165) is 0 Å². The minimum atomic E-state index is -5.67. The number of aliphatic hydroxyl groups excluding tert-OH is 1. The summed E-state index contributed by atoms with van der Waals surface area (Å²) >= 11 is 3.01. The van der Waals surface area contributed by atoms with E-state index in [1.54, 1.807) is 0 Å². The van der Waals surface area contributed by atoms with Gasteiger partial charge in [-0.3, -0.25) is 13.9 Å². The standard InChI is InChI=1S/C11H17BrN3O13P3/c12-2-1-6-4-15(11(13)14-10(6)17)9-3-7(16)8(26-9)5-25-30(21,22)28-31(23,24)27-29(18,19)20/h1-2,4,7-9,16H,3,5H2,(H,21,22)(H,23,24)(H2,13,14,17)(H2,18,19,20)/b2-1+/t7-,8+,9+/m0/s1. The largest absolute Gasteiger partial charge is 0.490 e. The van der Waals surface area contributed by atoms with Gasteiger partial charge in [0.2, 0.25) is 5.95 Å². The van der Waals surface area contributed by atoms with Crippen LogP contribution in [0.15, 0.2) is 16.0 Å². The van der Waals surface area contributed by atoms with Gasteiger partial charge in [-0.25, -0.2) is 13.7 Å². The van der Waals surface area contributed by atoms with E-state index in [0.29, 0.717) is 0 Å². The lowest BCUT2D eigenvalue weighted by atomic mass is 10.2. The number of hydrogen-bond acceptors (Lipinski definition) is 11. The molecule has 0 aliphatic carbocycles. The van der Waals surface area contributed by atoms with Crippen molar-refractivity contribution in [2.45, 2.75) is 24.9 Å². The third-order valence-corrected chi connectivity index (χ3v) is 7.65. The molecule has 7 N–H and O–H groups in total. The second-order valence-electron chi connectivity index (χ2n) is 5.88. The summed E-state index contributed by atoms with van der Waals surface area (Å²) in [6, 6.07) is 0. The molecular formula is C11H17BrN3O13P3. The number of aliphatic hydroxyl groups is 1. The number of aromatic nitrogens is 2. The number of anilines is 1. The molecule has 1 saturated heterocycles. The van der Waals surface area contributed by atoms with E-state index in [4.69, 9.17) is 25.2 Å². The van der Waals surface area contributed by atoms with Crippen molar-refractivity contribution in [3.63, 3.8) is 0 Å². The number of nitrogens with zero attached hydrogens (tertiary/aromatic N) is 2. The molecule has 0 radical (unpaired) electrons. The van der Waals surface area contributed by atoms with Crippen molar-refractivity contribution in [2.75, 3.05) is 12.3 Å². The van der Waals surface area contributed by atoms with E-state index in [1.807, 2.05) is 0 Å². The summed E-state index contributed by atoms with van der Waals surface area (Å²) in [6.07, 6.45) is -0.889. The molecule has 2 rings (SSSR count). The maximum atomic E-state index is 11.8. The number of ether oxygens (including phenoxy) is 1. The fourth-order valence-electron chi connectivity index (χ4n) is 2.42. The van der Waals surface area contributed by atoms with Gasteiger partial charge >= 0.3 is 23.5 Å². The minimum absolute atomic E-state index is 0.101. The van der Waals surface area contributed by atoms with Crippen LogP contribution in [0.2, 0.25) is 0 Å². The molecule has 0 bridgehead atoms. The van der Waals surface area contributed by atoms with Gasteiger partial charge in [-0.15, -0.1) is 0 Å². The van der Waals surface area contributed by atoms with Crippen LogP contribution in [0.5, 0.6) is 0 Å². The summed E-state index contributed by atoms with van der Waals surface area (Å²) in [7, 11) is -16.6. The first-order chi connectivity index (χ1) is 14.1. The number of rotatable bonds is 9. The van der Waals surface area contributed by atoms with Crippen LogP contribution in [0.4, 0.5) is 5.95 Å². The fourth-order valence-corrected chi connectivity index (χ4v) is 5.73. The number of phosphoric acid groups is 3. The van der Waals surface area contributed by atoms with Crippen LogP contribution in [0.3, 0.4) is 0 Å². The molecule has 1 aliphatic rings. The number of halogens is 1. The zero-order valence-corrected chi connectivity index (χ0v) is 19.3. The van der Waals surface area contributed by atoms with Crippen molar-refractivity contribution in [1.82, 2.24) is 9.55 Å². The molecule has 1 aromatic rings. The Morgan fingerprint density at radius 3 is 2.48 bits per heavy atom. The van der Waals surface area contributed by atoms with Crippen LogP contribution in [-0.4, -0.2) is 53.0 Å². The first-order valence-electron chi connectivity index (χ1n) is 7.90. The second-order valence-corrected chi connectivity index (χ2v) is 10.8. The molecule has 5 atom stereocenters. The third kappa shape index (κ3) is 7.94. The first-order valence-corrected chi connectivity index (χ1v) is 13.3. The summed E-state index contributed by atoms with van der Waals surface area (Å²) in [5.41, 5.74) is 5.22. The Hall–Kier alpha value is -0.770. The smallest absolute Gasteiger partial charge is 0.390 e. The molecule has 16 nitrogen and oxygen atoms in total. The van der Waals surface area contributed by atoms with Gasteiger partial charge in [0, 0.05) is 12.6 Å². The summed E-state index contributed by atoms with van der Waals surface area (Å²) < 4.78 is 52.0. The highest BCUT2D eigenvalue weighted by Gasteiger charge is 2.43. The Kier molecular flexibility index (Phi) is 8.55. The number of nitrogens with two attached hydrogens (primary N) is 1. The molecule has 176 valence electrons.